The molecule has 0 aliphatic rings. The van der Waals surface area contributed by atoms with Gasteiger partial charge in [0.2, 0.25) is 0 Å². The summed E-state index contributed by atoms with van der Waals surface area (Å²) in [6, 6.07) is 13.6. The maximum atomic E-state index is 13.2. The number of unbranched alkanes of at least 4 members (excludes halogenated alkanes) is 13. The van der Waals surface area contributed by atoms with Gasteiger partial charge < -0.3 is 10.1 Å². The van der Waals surface area contributed by atoms with Gasteiger partial charge in [0.05, 0.1) is 6.61 Å². The van der Waals surface area contributed by atoms with Crippen LogP contribution in [0.1, 0.15) is 102 Å². The normalized spacial score (nSPS) is 11.5. The van der Waals surface area contributed by atoms with Crippen molar-refractivity contribution in [2.45, 2.75) is 108 Å². The Morgan fingerprint density at radius 2 is 1.31 bits per heavy atom. The molecule has 0 heterocycles. The van der Waals surface area contributed by atoms with Gasteiger partial charge >= 0.3 is 10.2 Å². The molecule has 0 aromatic heterocycles. The lowest BCUT2D eigenvalue weighted by Gasteiger charge is -2.13. The van der Waals surface area contributed by atoms with Crippen LogP contribution in [-0.2, 0) is 16.8 Å². The Hall–Kier alpha value is -2.08. The molecule has 6 heteroatoms. The summed E-state index contributed by atoms with van der Waals surface area (Å²) >= 11 is 0. The smallest absolute Gasteiger partial charge is 0.332 e. The summed E-state index contributed by atoms with van der Waals surface area (Å²) in [6.07, 6.45) is 18.6. The van der Waals surface area contributed by atoms with Crippen molar-refractivity contribution in [1.82, 2.24) is 0 Å². The van der Waals surface area contributed by atoms with Gasteiger partial charge in [-0.25, -0.2) is 0 Å². The first kappa shape index (κ1) is 29.2. The molecule has 0 unspecified atom stereocenters. The van der Waals surface area contributed by atoms with E-state index < -0.39 is 10.2 Å². The van der Waals surface area contributed by atoms with Crippen LogP contribution < -0.4 is 10.1 Å². The van der Waals surface area contributed by atoms with E-state index in [1.807, 2.05) is 24.3 Å². The van der Waals surface area contributed by atoms with Crippen molar-refractivity contribution in [3.05, 3.63) is 54.1 Å². The average Bonchev–Trinajstić information content (AvgIpc) is 2.85. The van der Waals surface area contributed by atoms with Gasteiger partial charge in [0, 0.05) is 17.8 Å². The second-order valence-electron chi connectivity index (χ2n) is 9.37. The number of nitrogens with one attached hydrogen (secondary N) is 1. The number of ether oxygens (including phenoxy) is 1. The van der Waals surface area contributed by atoms with Crippen LogP contribution in [-0.4, -0.2) is 15.0 Å². The van der Waals surface area contributed by atoms with Gasteiger partial charge in [0.1, 0.15) is 10.6 Å². The predicted molar refractivity (Wildman–Crippen MR) is 144 cm³/mol. The molecule has 2 aromatic rings. The Balaban J connectivity index is 1.56. The molecule has 0 aliphatic carbocycles. The Bertz CT molecular complexity index is 933. The number of anilines is 1. The lowest BCUT2D eigenvalue weighted by atomic mass is 10.0. The first-order chi connectivity index (χ1) is 17.0. The van der Waals surface area contributed by atoms with Crippen LogP contribution in [0.5, 0.6) is 5.75 Å². The Morgan fingerprint density at radius 3 is 1.91 bits per heavy atom. The molecular weight excluding hydrogens is 461 g/mol. The van der Waals surface area contributed by atoms with E-state index in [9.17, 15) is 12.3 Å². The molecular formula is C29H44FNO3S. The van der Waals surface area contributed by atoms with Crippen molar-refractivity contribution < 1.29 is 17.0 Å². The zero-order valence-corrected chi connectivity index (χ0v) is 22.3. The van der Waals surface area contributed by atoms with Crippen LogP contribution in [0.15, 0.2) is 53.4 Å². The largest absolute Gasteiger partial charge is 0.493 e. The van der Waals surface area contributed by atoms with E-state index in [0.29, 0.717) is 18.8 Å². The molecule has 2 aromatic carbocycles. The third kappa shape index (κ3) is 13.0. The molecule has 1 N–H and O–H groups in total. The van der Waals surface area contributed by atoms with Gasteiger partial charge in [-0.05, 0) is 30.7 Å². The molecule has 0 saturated carbocycles. The summed E-state index contributed by atoms with van der Waals surface area (Å²) in [6.45, 7) is 3.42. The molecule has 0 spiro atoms. The summed E-state index contributed by atoms with van der Waals surface area (Å²) < 4.78 is 41.5. The molecule has 0 radical (unpaired) electrons. The summed E-state index contributed by atoms with van der Waals surface area (Å²) in [4.78, 5) is -0.343. The summed E-state index contributed by atoms with van der Waals surface area (Å²) in [5.41, 5.74) is 1.52. The maximum absolute atomic E-state index is 13.2. The molecule has 0 bridgehead atoms. The van der Waals surface area contributed by atoms with E-state index in [4.69, 9.17) is 4.74 Å². The van der Waals surface area contributed by atoms with Crippen molar-refractivity contribution in [3.63, 3.8) is 0 Å². The van der Waals surface area contributed by atoms with Gasteiger partial charge in [-0.1, -0.05) is 115 Å². The van der Waals surface area contributed by atoms with Crippen LogP contribution in [0.3, 0.4) is 0 Å². The van der Waals surface area contributed by atoms with Crippen molar-refractivity contribution >= 4 is 15.9 Å². The molecule has 0 fully saturated rings. The fourth-order valence-electron chi connectivity index (χ4n) is 4.22. The SMILES string of the molecule is CCCCCCCCCCCCCCCCOc1ccccc1CNc1cccc(S(=O)(=O)F)c1. The number of hydrogen-bond donors (Lipinski definition) is 1. The zero-order chi connectivity index (χ0) is 25.2. The van der Waals surface area contributed by atoms with Gasteiger partial charge in [0.25, 0.3) is 0 Å². The van der Waals surface area contributed by atoms with Crippen LogP contribution in [0.4, 0.5) is 9.57 Å². The molecule has 4 nitrogen and oxygen atoms in total. The summed E-state index contributed by atoms with van der Waals surface area (Å²) in [5, 5.41) is 3.16. The Kier molecular flexibility index (Phi) is 14.5. The van der Waals surface area contributed by atoms with Crippen LogP contribution >= 0.6 is 0 Å². The number of hydrogen-bond acceptors (Lipinski definition) is 4. The van der Waals surface area contributed by atoms with Crippen molar-refractivity contribution in [3.8, 4) is 5.75 Å². The highest BCUT2D eigenvalue weighted by Crippen LogP contribution is 2.22. The van der Waals surface area contributed by atoms with E-state index in [-0.39, 0.29) is 4.90 Å². The van der Waals surface area contributed by atoms with Crippen molar-refractivity contribution in [2.75, 3.05) is 11.9 Å². The quantitative estimate of drug-likeness (QED) is 0.144. The highest BCUT2D eigenvalue weighted by atomic mass is 32.3. The Labute approximate surface area is 212 Å². The van der Waals surface area contributed by atoms with Gasteiger partial charge in [-0.2, -0.15) is 8.42 Å². The maximum Gasteiger partial charge on any atom is 0.332 e. The van der Waals surface area contributed by atoms with Crippen LogP contribution in [0.2, 0.25) is 0 Å². The van der Waals surface area contributed by atoms with E-state index in [0.717, 1.165) is 17.7 Å². The van der Waals surface area contributed by atoms with Gasteiger partial charge in [0.15, 0.2) is 0 Å². The first-order valence-corrected chi connectivity index (χ1v) is 14.9. The fraction of sp³-hybridized carbons (Fsp3) is 0.586. The first-order valence-electron chi connectivity index (χ1n) is 13.5. The molecule has 35 heavy (non-hydrogen) atoms. The van der Waals surface area contributed by atoms with Crippen molar-refractivity contribution in [2.24, 2.45) is 0 Å². The molecule has 0 amide bonds. The zero-order valence-electron chi connectivity index (χ0n) is 21.4. The standard InChI is InChI=1S/C29H44FNO3S/c1-2-3-4-5-6-7-8-9-10-11-12-13-14-17-23-34-29-22-16-15-19-26(29)25-31-27-20-18-21-28(24-27)35(30,32)33/h15-16,18-22,24,31H,2-14,17,23,25H2,1H3. The highest BCUT2D eigenvalue weighted by Gasteiger charge is 2.12. The van der Waals surface area contributed by atoms with Gasteiger partial charge in [-0.3, -0.25) is 0 Å². The molecule has 0 atom stereocenters. The number of halogens is 1. The third-order valence-electron chi connectivity index (χ3n) is 6.33. The fourth-order valence-corrected chi connectivity index (χ4v) is 4.73. The second-order valence-corrected chi connectivity index (χ2v) is 10.7. The monoisotopic (exact) mass is 505 g/mol. The number of rotatable bonds is 20. The minimum atomic E-state index is -4.71. The minimum Gasteiger partial charge on any atom is -0.493 e. The molecule has 2 rings (SSSR count). The van der Waals surface area contributed by atoms with Gasteiger partial charge in [-0.15, -0.1) is 3.89 Å². The molecule has 0 saturated heterocycles. The second kappa shape index (κ2) is 17.4. The Morgan fingerprint density at radius 1 is 0.743 bits per heavy atom. The molecule has 0 aliphatic heterocycles. The van der Waals surface area contributed by atoms with E-state index in [2.05, 4.69) is 12.2 Å². The predicted octanol–water partition coefficient (Wildman–Crippen LogP) is 8.82. The van der Waals surface area contributed by atoms with Crippen molar-refractivity contribution in [1.29, 1.82) is 0 Å². The van der Waals surface area contributed by atoms with E-state index in [1.165, 1.54) is 102 Å². The molecule has 196 valence electrons. The highest BCUT2D eigenvalue weighted by molar-refractivity contribution is 7.86. The van der Waals surface area contributed by atoms with E-state index >= 15 is 0 Å². The van der Waals surface area contributed by atoms with Crippen LogP contribution in [0.25, 0.3) is 0 Å². The average molecular weight is 506 g/mol. The lowest BCUT2D eigenvalue weighted by molar-refractivity contribution is 0.301. The minimum absolute atomic E-state index is 0.343. The van der Waals surface area contributed by atoms with E-state index in [1.54, 1.807) is 6.07 Å². The summed E-state index contributed by atoms with van der Waals surface area (Å²) in [5.74, 6) is 0.823. The number of para-hydroxylation sites is 1. The third-order valence-corrected chi connectivity index (χ3v) is 7.14. The van der Waals surface area contributed by atoms with Crippen LogP contribution in [0, 0.1) is 0 Å². The number of benzene rings is 2. The summed E-state index contributed by atoms with van der Waals surface area (Å²) in [7, 11) is -4.71. The lowest BCUT2D eigenvalue weighted by Crippen LogP contribution is -2.05. The topological polar surface area (TPSA) is 55.4 Å².